The molecule has 0 unspecified atom stereocenters. The predicted octanol–water partition coefficient (Wildman–Crippen LogP) is 1.99. The zero-order valence-electron chi connectivity index (χ0n) is 15.5. The lowest BCUT2D eigenvalue weighted by molar-refractivity contribution is -0.113. The van der Waals surface area contributed by atoms with Gasteiger partial charge in [-0.3, -0.25) is 9.69 Å². The first kappa shape index (κ1) is 18.9. The van der Waals surface area contributed by atoms with Crippen LogP contribution in [0.5, 0.6) is 0 Å². The first-order valence-corrected chi connectivity index (χ1v) is 9.70. The van der Waals surface area contributed by atoms with Crippen molar-refractivity contribution in [3.05, 3.63) is 35.2 Å². The Bertz CT molecular complexity index is 771. The number of nitrogens with one attached hydrogen (secondary N) is 1. The predicted molar refractivity (Wildman–Crippen MR) is 102 cm³/mol. The Hall–Kier alpha value is -1.90. The van der Waals surface area contributed by atoms with Gasteiger partial charge in [0.15, 0.2) is 5.16 Å². The maximum Gasteiger partial charge on any atom is 0.234 e. The minimum absolute atomic E-state index is 0.0420. The van der Waals surface area contributed by atoms with Crippen molar-refractivity contribution in [1.82, 2.24) is 19.7 Å². The molecule has 0 aliphatic carbocycles. The summed E-state index contributed by atoms with van der Waals surface area (Å²) < 4.78 is 7.33. The Morgan fingerprint density at radius 3 is 2.77 bits per heavy atom. The highest BCUT2D eigenvalue weighted by Crippen LogP contribution is 2.19. The second-order valence-electron chi connectivity index (χ2n) is 6.50. The van der Waals surface area contributed by atoms with E-state index in [1.807, 2.05) is 37.6 Å². The van der Waals surface area contributed by atoms with E-state index in [9.17, 15) is 4.79 Å². The molecule has 0 saturated carbocycles. The van der Waals surface area contributed by atoms with Crippen LogP contribution in [0, 0.1) is 13.8 Å². The number of ether oxygens (including phenoxy) is 1. The maximum absolute atomic E-state index is 12.2. The molecule has 0 spiro atoms. The Morgan fingerprint density at radius 2 is 2.04 bits per heavy atom. The van der Waals surface area contributed by atoms with E-state index in [2.05, 4.69) is 26.5 Å². The molecule has 1 fully saturated rings. The third-order valence-electron chi connectivity index (χ3n) is 4.38. The van der Waals surface area contributed by atoms with Gasteiger partial charge in [0, 0.05) is 25.8 Å². The van der Waals surface area contributed by atoms with Crippen molar-refractivity contribution >= 4 is 23.4 Å². The summed E-state index contributed by atoms with van der Waals surface area (Å²) in [6, 6.07) is 6.00. The molecule has 0 bridgehead atoms. The quantitative estimate of drug-likeness (QED) is 0.779. The highest BCUT2D eigenvalue weighted by molar-refractivity contribution is 7.99. The van der Waals surface area contributed by atoms with Gasteiger partial charge in [0.1, 0.15) is 5.82 Å². The minimum atomic E-state index is -0.0420. The number of hydrogen-bond donors (Lipinski definition) is 1. The van der Waals surface area contributed by atoms with Gasteiger partial charge in [-0.2, -0.15) is 0 Å². The highest BCUT2D eigenvalue weighted by Gasteiger charge is 2.16. The van der Waals surface area contributed by atoms with Crippen molar-refractivity contribution in [2.24, 2.45) is 7.05 Å². The van der Waals surface area contributed by atoms with E-state index in [4.69, 9.17) is 4.74 Å². The van der Waals surface area contributed by atoms with Gasteiger partial charge in [-0.25, -0.2) is 0 Å². The van der Waals surface area contributed by atoms with Crippen LogP contribution in [0.3, 0.4) is 0 Å². The largest absolute Gasteiger partial charge is 0.379 e. The summed E-state index contributed by atoms with van der Waals surface area (Å²) in [4.78, 5) is 14.5. The maximum atomic E-state index is 12.2. The molecule has 3 rings (SSSR count). The molecule has 26 heavy (non-hydrogen) atoms. The molecule has 8 heteroatoms. The van der Waals surface area contributed by atoms with Crippen molar-refractivity contribution in [1.29, 1.82) is 0 Å². The monoisotopic (exact) mass is 375 g/mol. The smallest absolute Gasteiger partial charge is 0.234 e. The summed E-state index contributed by atoms with van der Waals surface area (Å²) in [6.07, 6.45) is 0. The van der Waals surface area contributed by atoms with E-state index in [0.717, 1.165) is 55.1 Å². The number of aromatic nitrogens is 3. The molecule has 2 aromatic rings. The minimum Gasteiger partial charge on any atom is -0.379 e. The lowest BCUT2D eigenvalue weighted by Crippen LogP contribution is -2.36. The highest BCUT2D eigenvalue weighted by atomic mass is 32.2. The van der Waals surface area contributed by atoms with Crippen molar-refractivity contribution in [3.8, 4) is 0 Å². The second kappa shape index (κ2) is 8.66. The average Bonchev–Trinajstić information content (AvgIpc) is 2.96. The van der Waals surface area contributed by atoms with Crippen molar-refractivity contribution in [2.45, 2.75) is 25.5 Å². The van der Waals surface area contributed by atoms with Crippen LogP contribution in [0.1, 0.15) is 17.0 Å². The van der Waals surface area contributed by atoms with Gasteiger partial charge in [-0.15, -0.1) is 10.2 Å². The van der Waals surface area contributed by atoms with Crippen LogP contribution in [0.2, 0.25) is 0 Å². The number of anilines is 1. The Kier molecular flexibility index (Phi) is 6.29. The zero-order valence-corrected chi connectivity index (χ0v) is 16.3. The lowest BCUT2D eigenvalue weighted by atomic mass is 10.1. The molecule has 1 N–H and O–H groups in total. The van der Waals surface area contributed by atoms with E-state index >= 15 is 0 Å². The number of aryl methyl sites for hydroxylation is 2. The van der Waals surface area contributed by atoms with Crippen LogP contribution in [0.4, 0.5) is 5.69 Å². The second-order valence-corrected chi connectivity index (χ2v) is 7.44. The first-order chi connectivity index (χ1) is 12.5. The zero-order chi connectivity index (χ0) is 18.5. The van der Waals surface area contributed by atoms with Crippen LogP contribution in [-0.2, 0) is 23.1 Å². The molecular weight excluding hydrogens is 350 g/mol. The summed E-state index contributed by atoms with van der Waals surface area (Å²) in [6.45, 7) is 8.13. The molecule has 1 aromatic carbocycles. The van der Waals surface area contributed by atoms with Crippen molar-refractivity contribution in [2.75, 3.05) is 37.4 Å². The molecule has 0 atom stereocenters. The van der Waals surface area contributed by atoms with Gasteiger partial charge >= 0.3 is 0 Å². The van der Waals surface area contributed by atoms with Crippen LogP contribution < -0.4 is 5.32 Å². The van der Waals surface area contributed by atoms with Gasteiger partial charge in [-0.1, -0.05) is 29.5 Å². The Labute approximate surface area is 158 Å². The first-order valence-electron chi connectivity index (χ1n) is 8.71. The van der Waals surface area contributed by atoms with E-state index in [1.54, 1.807) is 0 Å². The van der Waals surface area contributed by atoms with Crippen molar-refractivity contribution < 1.29 is 9.53 Å². The SMILES string of the molecule is Cc1ccc(NC(=O)CSc2nnc(CN3CCOCC3)n2C)c(C)c1. The molecular formula is C18H25N5O2S. The van der Waals surface area contributed by atoms with Crippen LogP contribution >= 0.6 is 11.8 Å². The fourth-order valence-electron chi connectivity index (χ4n) is 2.84. The number of morpholine rings is 1. The number of carbonyl (C=O) groups excluding carboxylic acids is 1. The van der Waals surface area contributed by atoms with Gasteiger partial charge in [0.2, 0.25) is 5.91 Å². The van der Waals surface area contributed by atoms with Gasteiger partial charge in [-0.05, 0) is 25.5 Å². The number of rotatable bonds is 6. The molecule has 140 valence electrons. The van der Waals surface area contributed by atoms with Crippen molar-refractivity contribution in [3.63, 3.8) is 0 Å². The van der Waals surface area contributed by atoms with Crippen LogP contribution in [0.25, 0.3) is 0 Å². The van der Waals surface area contributed by atoms with Crippen LogP contribution in [-0.4, -0.2) is 57.6 Å². The molecule has 1 aliphatic heterocycles. The number of thioether (sulfide) groups is 1. The van der Waals surface area contributed by atoms with E-state index in [1.165, 1.54) is 17.3 Å². The molecule has 1 saturated heterocycles. The number of carbonyl (C=O) groups is 1. The average molecular weight is 375 g/mol. The van der Waals surface area contributed by atoms with E-state index < -0.39 is 0 Å². The fraction of sp³-hybridized carbons (Fsp3) is 0.500. The molecule has 7 nitrogen and oxygen atoms in total. The lowest BCUT2D eigenvalue weighted by Gasteiger charge is -2.25. The van der Waals surface area contributed by atoms with Gasteiger partial charge < -0.3 is 14.6 Å². The topological polar surface area (TPSA) is 72.3 Å². The summed E-state index contributed by atoms with van der Waals surface area (Å²) in [5.41, 5.74) is 3.10. The molecule has 1 aliphatic rings. The summed E-state index contributed by atoms with van der Waals surface area (Å²) in [5, 5.41) is 12.2. The standard InChI is InChI=1S/C18H25N5O2S/c1-13-4-5-15(14(2)10-13)19-17(24)12-26-18-21-20-16(22(18)3)11-23-6-8-25-9-7-23/h4-5,10H,6-9,11-12H2,1-3H3,(H,19,24). The number of amides is 1. The summed E-state index contributed by atoms with van der Waals surface area (Å²) in [5.74, 6) is 1.17. The molecule has 2 heterocycles. The number of nitrogens with zero attached hydrogens (tertiary/aromatic N) is 4. The number of benzene rings is 1. The van der Waals surface area contributed by atoms with E-state index in [0.29, 0.717) is 5.75 Å². The van der Waals surface area contributed by atoms with Crippen LogP contribution in [0.15, 0.2) is 23.4 Å². The third-order valence-corrected chi connectivity index (χ3v) is 5.40. The molecule has 1 amide bonds. The Balaban J connectivity index is 1.53. The normalized spacial score (nSPS) is 15.2. The molecule has 0 radical (unpaired) electrons. The van der Waals surface area contributed by atoms with E-state index in [-0.39, 0.29) is 5.91 Å². The van der Waals surface area contributed by atoms with Gasteiger partial charge in [0.25, 0.3) is 0 Å². The van der Waals surface area contributed by atoms with Gasteiger partial charge in [0.05, 0.1) is 25.5 Å². The summed E-state index contributed by atoms with van der Waals surface area (Å²) in [7, 11) is 1.94. The Morgan fingerprint density at radius 1 is 1.27 bits per heavy atom. The molecule has 1 aromatic heterocycles. The fourth-order valence-corrected chi connectivity index (χ4v) is 3.57. The third kappa shape index (κ3) is 4.84. The summed E-state index contributed by atoms with van der Waals surface area (Å²) >= 11 is 1.40. The number of hydrogen-bond acceptors (Lipinski definition) is 6.